The van der Waals surface area contributed by atoms with Gasteiger partial charge in [0.2, 0.25) is 0 Å². The Morgan fingerprint density at radius 3 is 1.47 bits per heavy atom. The van der Waals surface area contributed by atoms with Gasteiger partial charge in [0.1, 0.15) is 12.4 Å². The quantitative estimate of drug-likeness (QED) is 0.131. The van der Waals surface area contributed by atoms with E-state index >= 15 is 0 Å². The summed E-state index contributed by atoms with van der Waals surface area (Å²) in [5.41, 5.74) is 3.97. The summed E-state index contributed by atoms with van der Waals surface area (Å²) in [6.45, 7) is 0.242. The molecule has 0 amide bonds. The standard InChI is InChI=1S/C31H29O5P.Na.H/c32-30(33)28-16-18-29(19-17-28)36-31(34)35-20-21-37(22-25-10-4-1-5-11-25,23-26-12-6-2-7-13-26)24-27-14-8-3-9-15-27;;/h1-19H,20-24H2;;/q;+1;-1/p+1. The van der Waals surface area contributed by atoms with E-state index < -0.39 is 19.4 Å². The second-order valence-corrected chi connectivity index (χ2v) is 13.1. The number of carbonyl (C=O) groups excluding carboxylic acids is 1. The molecule has 0 bridgehead atoms. The van der Waals surface area contributed by atoms with Gasteiger partial charge in [-0.05, 0) is 41.0 Å². The van der Waals surface area contributed by atoms with Gasteiger partial charge in [-0.3, -0.25) is 0 Å². The minimum atomic E-state index is -1.72. The van der Waals surface area contributed by atoms with Crippen molar-refractivity contribution in [2.24, 2.45) is 0 Å². The van der Waals surface area contributed by atoms with Crippen molar-refractivity contribution in [3.63, 3.8) is 0 Å². The number of carbonyl (C=O) groups is 2. The van der Waals surface area contributed by atoms with Crippen LogP contribution in [-0.4, -0.2) is 30.0 Å². The van der Waals surface area contributed by atoms with Crippen molar-refractivity contribution in [2.75, 3.05) is 12.8 Å². The molecular weight excluding hydrogens is 506 g/mol. The number of benzene rings is 4. The van der Waals surface area contributed by atoms with Gasteiger partial charge in [0, 0.05) is 7.26 Å². The van der Waals surface area contributed by atoms with Crippen LogP contribution in [0.25, 0.3) is 0 Å². The number of hydrogen-bond acceptors (Lipinski definition) is 4. The summed E-state index contributed by atoms with van der Waals surface area (Å²) in [4.78, 5) is 23.5. The molecule has 0 radical (unpaired) electrons. The number of rotatable bonds is 11. The van der Waals surface area contributed by atoms with Crippen LogP contribution < -0.4 is 34.3 Å². The smallest absolute Gasteiger partial charge is 1.00 e. The molecule has 0 aliphatic heterocycles. The van der Waals surface area contributed by atoms with Gasteiger partial charge in [0.15, 0.2) is 0 Å². The van der Waals surface area contributed by atoms with Crippen LogP contribution in [0.3, 0.4) is 0 Å². The molecule has 190 valence electrons. The largest absolute Gasteiger partial charge is 1.00 e. The van der Waals surface area contributed by atoms with Crippen LogP contribution in [0.2, 0.25) is 0 Å². The van der Waals surface area contributed by atoms with E-state index in [1.54, 1.807) is 0 Å². The van der Waals surface area contributed by atoms with E-state index in [-0.39, 0.29) is 48.9 Å². The van der Waals surface area contributed by atoms with Crippen LogP contribution in [0.1, 0.15) is 28.5 Å². The molecule has 4 rings (SSSR count). The van der Waals surface area contributed by atoms with E-state index in [1.807, 2.05) is 18.2 Å². The molecule has 0 spiro atoms. The molecule has 5 nitrogen and oxygen atoms in total. The monoisotopic (exact) mass is 537 g/mol. The predicted molar refractivity (Wildman–Crippen MR) is 149 cm³/mol. The molecule has 4 aromatic carbocycles. The van der Waals surface area contributed by atoms with E-state index in [0.29, 0.717) is 0 Å². The average molecular weight is 538 g/mol. The minimum absolute atomic E-state index is 0. The maximum absolute atomic E-state index is 12.4. The molecule has 38 heavy (non-hydrogen) atoms. The Kier molecular flexibility index (Phi) is 11.6. The zero-order chi connectivity index (χ0) is 25.9. The van der Waals surface area contributed by atoms with Gasteiger partial charge in [-0.25, -0.2) is 9.59 Å². The van der Waals surface area contributed by atoms with Crippen LogP contribution in [0.4, 0.5) is 4.79 Å². The number of carboxylic acid groups (broad SMARTS) is 1. The average Bonchev–Trinajstić information content (AvgIpc) is 2.91. The topological polar surface area (TPSA) is 72.8 Å². The minimum Gasteiger partial charge on any atom is -1.00 e. The number of hydrogen-bond donors (Lipinski definition) is 1. The number of aromatic carboxylic acids is 1. The molecule has 0 aromatic heterocycles. The molecule has 0 atom stereocenters. The molecule has 0 saturated heterocycles. The normalized spacial score (nSPS) is 10.7. The van der Waals surface area contributed by atoms with Crippen molar-refractivity contribution in [2.45, 2.75) is 18.5 Å². The molecule has 0 heterocycles. The zero-order valence-electron chi connectivity index (χ0n) is 22.5. The van der Waals surface area contributed by atoms with Crippen LogP contribution >= 0.6 is 7.26 Å². The van der Waals surface area contributed by atoms with Crippen molar-refractivity contribution < 1.29 is 55.2 Å². The third-order valence-corrected chi connectivity index (χ3v) is 10.4. The Morgan fingerprint density at radius 2 is 1.08 bits per heavy atom. The molecule has 1 N–H and O–H groups in total. The first kappa shape index (κ1) is 29.6. The van der Waals surface area contributed by atoms with Crippen LogP contribution in [-0.2, 0) is 23.2 Å². The summed E-state index contributed by atoms with van der Waals surface area (Å²) in [5, 5.41) is 9.04. The van der Waals surface area contributed by atoms with Crippen LogP contribution in [0.15, 0.2) is 115 Å². The van der Waals surface area contributed by atoms with Gasteiger partial charge < -0.3 is 16.0 Å². The third-order valence-electron chi connectivity index (χ3n) is 6.17. The van der Waals surface area contributed by atoms with E-state index in [1.165, 1.54) is 41.0 Å². The molecule has 7 heteroatoms. The van der Waals surface area contributed by atoms with Gasteiger partial charge >= 0.3 is 41.7 Å². The molecule has 0 unspecified atom stereocenters. The first-order valence-electron chi connectivity index (χ1n) is 12.2. The van der Waals surface area contributed by atoms with E-state index in [2.05, 4.69) is 72.8 Å². The van der Waals surface area contributed by atoms with Gasteiger partial charge in [-0.15, -0.1) is 0 Å². The Labute approximate surface area is 247 Å². The second kappa shape index (κ2) is 14.8. The molecule has 0 saturated carbocycles. The van der Waals surface area contributed by atoms with Gasteiger partial charge in [0.05, 0.1) is 30.2 Å². The summed E-state index contributed by atoms with van der Waals surface area (Å²) in [5.74, 6) is -0.793. The van der Waals surface area contributed by atoms with E-state index in [4.69, 9.17) is 14.6 Å². The van der Waals surface area contributed by atoms with E-state index in [9.17, 15) is 9.59 Å². The fraction of sp³-hybridized carbons (Fsp3) is 0.161. The molecule has 0 fully saturated rings. The van der Waals surface area contributed by atoms with Crippen molar-refractivity contribution in [3.8, 4) is 5.75 Å². The van der Waals surface area contributed by atoms with Crippen LogP contribution in [0, 0.1) is 0 Å². The Morgan fingerprint density at radius 1 is 0.658 bits per heavy atom. The summed E-state index contributed by atoms with van der Waals surface area (Å²) < 4.78 is 10.8. The first-order valence-corrected chi connectivity index (χ1v) is 14.7. The van der Waals surface area contributed by atoms with Gasteiger partial charge in [-0.2, -0.15) is 0 Å². The summed E-state index contributed by atoms with van der Waals surface area (Å²) in [6, 6.07) is 37.2. The van der Waals surface area contributed by atoms with Crippen molar-refractivity contribution in [3.05, 3.63) is 138 Å². The van der Waals surface area contributed by atoms with Crippen LogP contribution in [0.5, 0.6) is 5.75 Å². The predicted octanol–water partition coefficient (Wildman–Crippen LogP) is 4.63. The van der Waals surface area contributed by atoms with Gasteiger partial charge in [-0.1, -0.05) is 91.0 Å². The second-order valence-electron chi connectivity index (χ2n) is 9.03. The Hall–Kier alpha value is -2.95. The summed E-state index contributed by atoms with van der Waals surface area (Å²) in [7, 11) is -1.72. The first-order chi connectivity index (χ1) is 18.0. The van der Waals surface area contributed by atoms with Crippen molar-refractivity contribution >= 4 is 19.4 Å². The zero-order valence-corrected chi connectivity index (χ0v) is 24.4. The molecule has 0 aliphatic carbocycles. The Bertz CT molecular complexity index is 1190. The van der Waals surface area contributed by atoms with Crippen molar-refractivity contribution in [1.82, 2.24) is 0 Å². The fourth-order valence-electron chi connectivity index (χ4n) is 4.43. The SMILES string of the molecule is O=C(OCC[P+](Cc1ccccc1)(Cc1ccccc1)Cc1ccccc1)Oc1ccc(C(=O)O)cc1.[H-].[Na+]. The summed E-state index contributed by atoms with van der Waals surface area (Å²) in [6.07, 6.45) is 2.77. The maximum atomic E-state index is 12.4. The molecular formula is C31H31NaO5P+. The molecule has 4 aromatic rings. The van der Waals surface area contributed by atoms with Crippen molar-refractivity contribution in [1.29, 1.82) is 0 Å². The Balaban J connectivity index is 0.00000267. The van der Waals surface area contributed by atoms with Gasteiger partial charge in [0.25, 0.3) is 0 Å². The fourth-order valence-corrected chi connectivity index (χ4v) is 8.68. The summed E-state index contributed by atoms with van der Waals surface area (Å²) >= 11 is 0. The van der Waals surface area contributed by atoms with E-state index in [0.717, 1.165) is 24.6 Å². The number of carboxylic acids is 1. The molecule has 0 aliphatic rings. The maximum Gasteiger partial charge on any atom is 1.00 e. The number of ether oxygens (including phenoxy) is 2. The third kappa shape index (κ3) is 9.11.